The molecule has 0 fully saturated rings. The van der Waals surface area contributed by atoms with E-state index in [0.717, 1.165) is 28.6 Å². The molecular weight excluding hydrogens is 282 g/mol. The van der Waals surface area contributed by atoms with Crippen LogP contribution in [0, 0.1) is 0 Å². The fourth-order valence-corrected chi connectivity index (χ4v) is 2.69. The van der Waals surface area contributed by atoms with Crippen LogP contribution in [-0.4, -0.2) is 5.91 Å². The molecule has 0 unspecified atom stereocenters. The molecule has 0 bridgehead atoms. The van der Waals surface area contributed by atoms with Crippen molar-refractivity contribution in [2.24, 2.45) is 0 Å². The average molecular weight is 301 g/mol. The first-order valence-electron chi connectivity index (χ1n) is 7.82. The summed E-state index contributed by atoms with van der Waals surface area (Å²) in [6.07, 6.45) is 4.35. The van der Waals surface area contributed by atoms with Crippen molar-refractivity contribution in [1.29, 1.82) is 0 Å². The minimum Gasteiger partial charge on any atom is -0.322 e. The highest BCUT2D eigenvalue weighted by Gasteiger charge is 2.03. The van der Waals surface area contributed by atoms with Gasteiger partial charge in [-0.05, 0) is 40.5 Å². The maximum absolute atomic E-state index is 12.2. The van der Waals surface area contributed by atoms with Crippen LogP contribution in [0.1, 0.15) is 18.1 Å². The van der Waals surface area contributed by atoms with Gasteiger partial charge in [-0.2, -0.15) is 0 Å². The topological polar surface area (TPSA) is 29.1 Å². The summed E-state index contributed by atoms with van der Waals surface area (Å²) < 4.78 is 0. The van der Waals surface area contributed by atoms with Gasteiger partial charge in [-0.25, -0.2) is 0 Å². The van der Waals surface area contributed by atoms with E-state index in [0.29, 0.717) is 0 Å². The molecule has 0 radical (unpaired) electrons. The molecule has 0 aromatic heterocycles. The lowest BCUT2D eigenvalue weighted by Gasteiger charge is -2.07. The predicted octanol–water partition coefficient (Wildman–Crippen LogP) is 5.05. The molecule has 0 aliphatic carbocycles. The Kier molecular flexibility index (Phi) is 4.53. The third-order valence-corrected chi connectivity index (χ3v) is 3.89. The Balaban J connectivity index is 1.80. The molecule has 3 rings (SSSR count). The molecule has 0 heterocycles. The van der Waals surface area contributed by atoms with Gasteiger partial charge in [0.2, 0.25) is 5.91 Å². The fraction of sp³-hybridized carbons (Fsp3) is 0.0952. The van der Waals surface area contributed by atoms with Crippen LogP contribution in [0.15, 0.2) is 72.8 Å². The average Bonchev–Trinajstić information content (AvgIpc) is 2.60. The predicted molar refractivity (Wildman–Crippen MR) is 97.4 cm³/mol. The monoisotopic (exact) mass is 301 g/mol. The van der Waals surface area contributed by atoms with Gasteiger partial charge in [0.05, 0.1) is 0 Å². The number of hydrogen-bond acceptors (Lipinski definition) is 1. The SMILES string of the molecule is CCc1ccccc1NC(=O)/C=C/c1cccc2ccccc12. The van der Waals surface area contributed by atoms with Crippen LogP contribution >= 0.6 is 0 Å². The van der Waals surface area contributed by atoms with E-state index in [1.807, 2.05) is 54.6 Å². The summed E-state index contributed by atoms with van der Waals surface area (Å²) in [5.41, 5.74) is 3.06. The number of carbonyl (C=O) groups is 1. The van der Waals surface area contributed by atoms with Crippen LogP contribution in [-0.2, 0) is 11.2 Å². The van der Waals surface area contributed by atoms with Crippen molar-refractivity contribution in [3.63, 3.8) is 0 Å². The van der Waals surface area contributed by atoms with Crippen molar-refractivity contribution in [3.05, 3.63) is 83.9 Å². The van der Waals surface area contributed by atoms with Crippen molar-refractivity contribution in [3.8, 4) is 0 Å². The summed E-state index contributed by atoms with van der Waals surface area (Å²) in [4.78, 5) is 12.2. The number of hydrogen-bond donors (Lipinski definition) is 1. The minimum absolute atomic E-state index is 0.112. The molecule has 1 N–H and O–H groups in total. The molecule has 114 valence electrons. The van der Waals surface area contributed by atoms with Gasteiger partial charge in [0, 0.05) is 11.8 Å². The number of carbonyl (C=O) groups excluding carboxylic acids is 1. The molecule has 0 spiro atoms. The molecule has 23 heavy (non-hydrogen) atoms. The van der Waals surface area contributed by atoms with E-state index in [2.05, 4.69) is 30.4 Å². The van der Waals surface area contributed by atoms with Crippen molar-refractivity contribution < 1.29 is 4.79 Å². The van der Waals surface area contributed by atoms with E-state index in [-0.39, 0.29) is 5.91 Å². The number of aryl methyl sites for hydroxylation is 1. The number of anilines is 1. The first kappa shape index (κ1) is 15.0. The summed E-state index contributed by atoms with van der Waals surface area (Å²) in [5.74, 6) is -0.112. The molecule has 3 aromatic rings. The highest BCUT2D eigenvalue weighted by atomic mass is 16.1. The van der Waals surface area contributed by atoms with Gasteiger partial charge in [-0.3, -0.25) is 4.79 Å². The van der Waals surface area contributed by atoms with Gasteiger partial charge in [-0.1, -0.05) is 67.6 Å². The Hall–Kier alpha value is -2.87. The molecule has 0 aliphatic heterocycles. The van der Waals surface area contributed by atoms with E-state index >= 15 is 0 Å². The van der Waals surface area contributed by atoms with Crippen LogP contribution in [0.5, 0.6) is 0 Å². The first-order chi connectivity index (χ1) is 11.3. The van der Waals surface area contributed by atoms with E-state index in [4.69, 9.17) is 0 Å². The Bertz CT molecular complexity index is 859. The first-order valence-corrected chi connectivity index (χ1v) is 7.82. The summed E-state index contributed by atoms with van der Waals surface area (Å²) in [6.45, 7) is 2.08. The third-order valence-electron chi connectivity index (χ3n) is 3.89. The van der Waals surface area contributed by atoms with Gasteiger partial charge in [-0.15, -0.1) is 0 Å². The lowest BCUT2D eigenvalue weighted by molar-refractivity contribution is -0.111. The van der Waals surface area contributed by atoms with Crippen LogP contribution in [0.2, 0.25) is 0 Å². The standard InChI is InChI=1S/C21H19NO/c1-2-16-8-4-6-13-20(16)22-21(23)15-14-18-11-7-10-17-9-3-5-12-19(17)18/h3-15H,2H2,1H3,(H,22,23)/b15-14+. The molecule has 0 saturated heterocycles. The van der Waals surface area contributed by atoms with Gasteiger partial charge in [0.15, 0.2) is 0 Å². The lowest BCUT2D eigenvalue weighted by atomic mass is 10.0. The zero-order valence-corrected chi connectivity index (χ0v) is 13.1. The van der Waals surface area contributed by atoms with Crippen LogP contribution in [0.4, 0.5) is 5.69 Å². The third kappa shape index (κ3) is 3.49. The molecule has 0 saturated carbocycles. The summed E-state index contributed by atoms with van der Waals surface area (Å²) in [6, 6.07) is 22.2. The van der Waals surface area contributed by atoms with Crippen molar-refractivity contribution in [2.45, 2.75) is 13.3 Å². The number of amides is 1. The highest BCUT2D eigenvalue weighted by Crippen LogP contribution is 2.20. The summed E-state index contributed by atoms with van der Waals surface area (Å²) in [7, 11) is 0. The van der Waals surface area contributed by atoms with Gasteiger partial charge in [0.25, 0.3) is 0 Å². The van der Waals surface area contributed by atoms with Crippen molar-refractivity contribution >= 4 is 28.4 Å². The zero-order chi connectivity index (χ0) is 16.1. The van der Waals surface area contributed by atoms with Crippen molar-refractivity contribution in [1.82, 2.24) is 0 Å². The quantitative estimate of drug-likeness (QED) is 0.671. The van der Waals surface area contributed by atoms with Crippen LogP contribution in [0.3, 0.4) is 0 Å². The van der Waals surface area contributed by atoms with Crippen LogP contribution < -0.4 is 5.32 Å². The normalized spacial score (nSPS) is 11.0. The van der Waals surface area contributed by atoms with E-state index in [1.165, 1.54) is 5.39 Å². The van der Waals surface area contributed by atoms with E-state index in [9.17, 15) is 4.79 Å². The zero-order valence-electron chi connectivity index (χ0n) is 13.1. The van der Waals surface area contributed by atoms with E-state index in [1.54, 1.807) is 6.08 Å². The molecule has 2 nitrogen and oxygen atoms in total. The largest absolute Gasteiger partial charge is 0.322 e. The Morgan fingerprint density at radius 2 is 1.70 bits per heavy atom. The Morgan fingerprint density at radius 3 is 2.57 bits per heavy atom. The number of fused-ring (bicyclic) bond motifs is 1. The smallest absolute Gasteiger partial charge is 0.248 e. The van der Waals surface area contributed by atoms with Gasteiger partial charge in [0.1, 0.15) is 0 Å². The molecule has 1 amide bonds. The maximum atomic E-state index is 12.2. The van der Waals surface area contributed by atoms with Crippen molar-refractivity contribution in [2.75, 3.05) is 5.32 Å². The second kappa shape index (κ2) is 6.93. The number of nitrogens with one attached hydrogen (secondary N) is 1. The number of rotatable bonds is 4. The maximum Gasteiger partial charge on any atom is 0.248 e. The number of benzene rings is 3. The summed E-state index contributed by atoms with van der Waals surface area (Å²) in [5, 5.41) is 5.27. The minimum atomic E-state index is -0.112. The molecule has 3 aromatic carbocycles. The molecule has 0 aliphatic rings. The molecule has 0 atom stereocenters. The summed E-state index contributed by atoms with van der Waals surface area (Å²) >= 11 is 0. The Morgan fingerprint density at radius 1 is 0.957 bits per heavy atom. The Labute approximate surface area is 136 Å². The van der Waals surface area contributed by atoms with E-state index < -0.39 is 0 Å². The second-order valence-corrected chi connectivity index (χ2v) is 5.40. The molecule has 2 heteroatoms. The second-order valence-electron chi connectivity index (χ2n) is 5.40. The number of para-hydroxylation sites is 1. The molecular formula is C21H19NO. The van der Waals surface area contributed by atoms with Gasteiger partial charge >= 0.3 is 0 Å². The fourth-order valence-electron chi connectivity index (χ4n) is 2.69. The van der Waals surface area contributed by atoms with Crippen LogP contribution in [0.25, 0.3) is 16.8 Å². The van der Waals surface area contributed by atoms with Gasteiger partial charge < -0.3 is 5.32 Å². The lowest BCUT2D eigenvalue weighted by Crippen LogP contribution is -2.09. The highest BCUT2D eigenvalue weighted by molar-refractivity contribution is 6.03.